The average molecular weight is 344 g/mol. The number of aromatic hydroxyl groups is 2. The summed E-state index contributed by atoms with van der Waals surface area (Å²) in [6, 6.07) is 5.94. The molecule has 2 aromatic carbocycles. The monoisotopic (exact) mass is 344 g/mol. The summed E-state index contributed by atoms with van der Waals surface area (Å²) in [5.41, 5.74) is 0.753. The van der Waals surface area contributed by atoms with Gasteiger partial charge >= 0.3 is 0 Å². The number of carbonyl (C=O) groups excluding carboxylic acids is 1. The summed E-state index contributed by atoms with van der Waals surface area (Å²) < 4.78 is 21.2. The number of benzene rings is 2. The lowest BCUT2D eigenvalue weighted by molar-refractivity contribution is 0.101. The molecule has 0 unspecified atom stereocenters. The number of hydrogen-bond donors (Lipinski definition) is 2. The summed E-state index contributed by atoms with van der Waals surface area (Å²) >= 11 is 0. The van der Waals surface area contributed by atoms with E-state index in [9.17, 15) is 15.0 Å². The molecule has 7 nitrogen and oxygen atoms in total. The van der Waals surface area contributed by atoms with Crippen LogP contribution in [0.2, 0.25) is 0 Å². The number of methoxy groups -OCH3 is 3. The number of Topliss-reactive ketones (excluding diaryl/α,β-unsaturated/α-hetero) is 1. The van der Waals surface area contributed by atoms with Gasteiger partial charge in [-0.05, 0) is 35.9 Å². The Morgan fingerprint density at radius 1 is 1.00 bits per heavy atom. The Kier molecular flexibility index (Phi) is 4.14. The summed E-state index contributed by atoms with van der Waals surface area (Å²) in [7, 11) is 4.47. The summed E-state index contributed by atoms with van der Waals surface area (Å²) in [6.07, 6.45) is 1.49. The summed E-state index contributed by atoms with van der Waals surface area (Å²) in [4.78, 5) is 12.4. The molecule has 7 heteroatoms. The van der Waals surface area contributed by atoms with Crippen LogP contribution >= 0.6 is 0 Å². The third-order valence-corrected chi connectivity index (χ3v) is 3.78. The Balaban J connectivity index is 2.05. The van der Waals surface area contributed by atoms with Crippen LogP contribution in [0.5, 0.6) is 34.5 Å². The number of fused-ring (bicyclic) bond motifs is 1. The van der Waals surface area contributed by atoms with E-state index in [0.717, 1.165) is 0 Å². The highest BCUT2D eigenvalue weighted by molar-refractivity contribution is 6.15. The van der Waals surface area contributed by atoms with Crippen LogP contribution in [-0.4, -0.2) is 37.3 Å². The molecule has 1 aliphatic rings. The minimum Gasteiger partial charge on any atom is -0.504 e. The third kappa shape index (κ3) is 2.69. The topological polar surface area (TPSA) is 94.5 Å². The van der Waals surface area contributed by atoms with Crippen molar-refractivity contribution in [3.63, 3.8) is 0 Å². The normalized spacial score (nSPS) is 14.2. The number of rotatable bonds is 4. The quantitative estimate of drug-likeness (QED) is 0.650. The van der Waals surface area contributed by atoms with E-state index in [1.807, 2.05) is 0 Å². The van der Waals surface area contributed by atoms with Gasteiger partial charge in [-0.3, -0.25) is 4.79 Å². The lowest BCUT2D eigenvalue weighted by Gasteiger charge is -2.13. The number of hydrogen-bond acceptors (Lipinski definition) is 7. The fourth-order valence-electron chi connectivity index (χ4n) is 2.56. The van der Waals surface area contributed by atoms with Crippen molar-refractivity contribution in [3.05, 3.63) is 41.2 Å². The van der Waals surface area contributed by atoms with Crippen LogP contribution < -0.4 is 18.9 Å². The number of ether oxygens (including phenoxy) is 4. The number of carbonyl (C=O) groups is 1. The molecule has 0 aromatic heterocycles. The van der Waals surface area contributed by atoms with Crippen molar-refractivity contribution in [2.24, 2.45) is 0 Å². The molecular formula is C18H16O7. The fourth-order valence-corrected chi connectivity index (χ4v) is 2.56. The predicted molar refractivity (Wildman–Crippen MR) is 88.8 cm³/mol. The molecule has 3 rings (SSSR count). The smallest absolute Gasteiger partial charge is 0.232 e. The molecule has 0 atom stereocenters. The van der Waals surface area contributed by atoms with Crippen molar-refractivity contribution in [1.82, 2.24) is 0 Å². The Bertz CT molecular complexity index is 858. The molecule has 2 N–H and O–H groups in total. The zero-order valence-electron chi connectivity index (χ0n) is 13.8. The minimum absolute atomic E-state index is 0.00479. The highest BCUT2D eigenvalue weighted by atomic mass is 16.5. The largest absolute Gasteiger partial charge is 0.504 e. The van der Waals surface area contributed by atoms with Crippen LogP contribution in [0.3, 0.4) is 0 Å². The van der Waals surface area contributed by atoms with Gasteiger partial charge in [0.05, 0.1) is 26.9 Å². The molecule has 0 bridgehead atoms. The Morgan fingerprint density at radius 3 is 2.20 bits per heavy atom. The maximum absolute atomic E-state index is 12.4. The second-order valence-electron chi connectivity index (χ2n) is 5.21. The van der Waals surface area contributed by atoms with Gasteiger partial charge in [-0.2, -0.15) is 0 Å². The molecule has 2 aromatic rings. The van der Waals surface area contributed by atoms with E-state index in [0.29, 0.717) is 22.8 Å². The molecule has 0 radical (unpaired) electrons. The van der Waals surface area contributed by atoms with Gasteiger partial charge in [0.15, 0.2) is 28.8 Å². The molecule has 0 amide bonds. The Morgan fingerprint density at radius 2 is 1.64 bits per heavy atom. The average Bonchev–Trinajstić information content (AvgIpc) is 2.93. The van der Waals surface area contributed by atoms with Crippen LogP contribution in [0, 0.1) is 0 Å². The molecule has 25 heavy (non-hydrogen) atoms. The Hall–Kier alpha value is -3.35. The standard InChI is InChI=1S/C18H16O7/c1-22-13-7-9(8-14(23-2)18(13)24-3)6-12-15(20)10-4-5-11(19)16(21)17(10)25-12/h4-8,19,21H,1-3H3. The first-order chi connectivity index (χ1) is 12.0. The first-order valence-electron chi connectivity index (χ1n) is 7.29. The Labute approximate surface area is 143 Å². The molecule has 0 fully saturated rings. The second-order valence-corrected chi connectivity index (χ2v) is 5.21. The van der Waals surface area contributed by atoms with Crippen molar-refractivity contribution < 1.29 is 34.0 Å². The van der Waals surface area contributed by atoms with Crippen molar-refractivity contribution in [3.8, 4) is 34.5 Å². The van der Waals surface area contributed by atoms with Crippen molar-refractivity contribution >= 4 is 11.9 Å². The number of phenols is 2. The van der Waals surface area contributed by atoms with E-state index in [4.69, 9.17) is 18.9 Å². The van der Waals surface area contributed by atoms with E-state index in [1.165, 1.54) is 39.5 Å². The second kappa shape index (κ2) is 6.27. The van der Waals surface area contributed by atoms with Crippen molar-refractivity contribution in [1.29, 1.82) is 0 Å². The van der Waals surface area contributed by atoms with Gasteiger partial charge in [-0.15, -0.1) is 0 Å². The van der Waals surface area contributed by atoms with Gasteiger partial charge in [0.2, 0.25) is 17.3 Å². The molecule has 1 heterocycles. The number of ketones is 1. The van der Waals surface area contributed by atoms with Gasteiger partial charge < -0.3 is 29.2 Å². The summed E-state index contributed by atoms with van der Waals surface area (Å²) in [6.45, 7) is 0. The van der Waals surface area contributed by atoms with E-state index < -0.39 is 11.5 Å². The van der Waals surface area contributed by atoms with Gasteiger partial charge in [0.25, 0.3) is 0 Å². The van der Waals surface area contributed by atoms with Crippen molar-refractivity contribution in [2.75, 3.05) is 21.3 Å². The zero-order chi connectivity index (χ0) is 18.1. The lowest BCUT2D eigenvalue weighted by Crippen LogP contribution is -1.99. The maximum atomic E-state index is 12.4. The van der Waals surface area contributed by atoms with E-state index >= 15 is 0 Å². The van der Waals surface area contributed by atoms with Crippen LogP contribution in [-0.2, 0) is 0 Å². The first kappa shape index (κ1) is 16.5. The highest BCUT2D eigenvalue weighted by Crippen LogP contribution is 2.45. The third-order valence-electron chi connectivity index (χ3n) is 3.78. The van der Waals surface area contributed by atoms with Gasteiger partial charge in [0, 0.05) is 0 Å². The van der Waals surface area contributed by atoms with Crippen LogP contribution in [0.25, 0.3) is 6.08 Å². The van der Waals surface area contributed by atoms with Crippen LogP contribution in [0.4, 0.5) is 0 Å². The maximum Gasteiger partial charge on any atom is 0.232 e. The summed E-state index contributed by atoms with van der Waals surface area (Å²) in [5, 5.41) is 19.4. The molecule has 0 aliphatic carbocycles. The zero-order valence-corrected chi connectivity index (χ0v) is 13.8. The SMILES string of the molecule is COc1cc(C=C2Oc3c(ccc(O)c3O)C2=O)cc(OC)c1OC. The highest BCUT2D eigenvalue weighted by Gasteiger charge is 2.31. The number of allylic oxidation sites excluding steroid dienone is 1. The van der Waals surface area contributed by atoms with E-state index in [2.05, 4.69) is 0 Å². The van der Waals surface area contributed by atoms with Gasteiger partial charge in [0.1, 0.15) is 0 Å². The van der Waals surface area contributed by atoms with Crippen LogP contribution in [0.15, 0.2) is 30.0 Å². The molecule has 1 aliphatic heterocycles. The minimum atomic E-state index is -0.473. The van der Waals surface area contributed by atoms with E-state index in [-0.39, 0.29) is 22.8 Å². The van der Waals surface area contributed by atoms with Crippen LogP contribution in [0.1, 0.15) is 15.9 Å². The van der Waals surface area contributed by atoms with Gasteiger partial charge in [-0.25, -0.2) is 0 Å². The molecule has 0 saturated carbocycles. The molecule has 0 saturated heterocycles. The molecule has 130 valence electrons. The predicted octanol–water partition coefficient (Wildman–Crippen LogP) is 2.74. The van der Waals surface area contributed by atoms with Crippen molar-refractivity contribution in [2.45, 2.75) is 0 Å². The number of phenolic OH excluding ortho intramolecular Hbond substituents is 2. The first-order valence-corrected chi connectivity index (χ1v) is 7.29. The fraction of sp³-hybridized carbons (Fsp3) is 0.167. The van der Waals surface area contributed by atoms with E-state index in [1.54, 1.807) is 12.1 Å². The molecular weight excluding hydrogens is 328 g/mol. The summed E-state index contributed by atoms with van der Waals surface area (Å²) in [5.74, 6) is -0.0152. The van der Waals surface area contributed by atoms with Gasteiger partial charge in [-0.1, -0.05) is 0 Å². The lowest BCUT2D eigenvalue weighted by atomic mass is 10.1. The molecule has 0 spiro atoms.